The third-order valence-electron chi connectivity index (χ3n) is 3.28. The summed E-state index contributed by atoms with van der Waals surface area (Å²) in [4.78, 5) is 2.22. The first kappa shape index (κ1) is 12.8. The molecule has 0 spiro atoms. The number of benzene rings is 1. The second-order valence-corrected chi connectivity index (χ2v) is 4.88. The first-order valence-electron chi connectivity index (χ1n) is 5.87. The van der Waals surface area contributed by atoms with Crippen LogP contribution >= 0.6 is 15.9 Å². The summed E-state index contributed by atoms with van der Waals surface area (Å²) in [5.74, 6) is -0.140. The topological polar surface area (TPSA) is 12.5 Å². The van der Waals surface area contributed by atoms with Crippen LogP contribution in [0.1, 0.15) is 18.4 Å². The van der Waals surface area contributed by atoms with Crippen molar-refractivity contribution < 1.29 is 9.13 Å². The highest BCUT2D eigenvalue weighted by Gasteiger charge is 2.22. The predicted octanol–water partition coefficient (Wildman–Crippen LogP) is 3.34. The second-order valence-electron chi connectivity index (χ2n) is 4.32. The van der Waals surface area contributed by atoms with Gasteiger partial charge < -0.3 is 9.64 Å². The normalized spacial score (nSPS) is 20.6. The molecule has 0 aromatic heterocycles. The van der Waals surface area contributed by atoms with Gasteiger partial charge in [-0.25, -0.2) is 4.39 Å². The fourth-order valence-electron chi connectivity index (χ4n) is 2.33. The van der Waals surface area contributed by atoms with Crippen molar-refractivity contribution in [3.05, 3.63) is 29.6 Å². The summed E-state index contributed by atoms with van der Waals surface area (Å²) in [6.45, 7) is 1.82. The predicted molar refractivity (Wildman–Crippen MR) is 71.3 cm³/mol. The molecule has 0 amide bonds. The molecule has 0 saturated carbocycles. The van der Waals surface area contributed by atoms with Gasteiger partial charge in [0.25, 0.3) is 0 Å². The number of alkyl halides is 1. The van der Waals surface area contributed by atoms with E-state index in [1.165, 1.54) is 6.07 Å². The summed E-state index contributed by atoms with van der Waals surface area (Å²) in [6.07, 6.45) is 2.44. The molecule has 1 aromatic carbocycles. The molecule has 0 radical (unpaired) electrons. The van der Waals surface area contributed by atoms with Gasteiger partial charge in [-0.15, -0.1) is 0 Å². The van der Waals surface area contributed by atoms with Crippen molar-refractivity contribution in [3.8, 4) is 0 Å². The van der Waals surface area contributed by atoms with E-state index in [0.717, 1.165) is 37.2 Å². The fraction of sp³-hybridized carbons (Fsp3) is 0.538. The van der Waals surface area contributed by atoms with Gasteiger partial charge in [-0.2, -0.15) is 0 Å². The first-order chi connectivity index (χ1) is 8.26. The lowest BCUT2D eigenvalue weighted by Crippen LogP contribution is -2.39. The van der Waals surface area contributed by atoms with E-state index in [4.69, 9.17) is 4.74 Å². The highest BCUT2D eigenvalue weighted by Crippen LogP contribution is 2.28. The number of anilines is 1. The van der Waals surface area contributed by atoms with Gasteiger partial charge in [-0.05, 0) is 25.0 Å². The Kier molecular flexibility index (Phi) is 4.40. The van der Waals surface area contributed by atoms with Gasteiger partial charge in [0.2, 0.25) is 0 Å². The van der Waals surface area contributed by atoms with Crippen molar-refractivity contribution in [3.63, 3.8) is 0 Å². The Labute approximate surface area is 110 Å². The summed E-state index contributed by atoms with van der Waals surface area (Å²) < 4.78 is 19.1. The van der Waals surface area contributed by atoms with Gasteiger partial charge in [0.05, 0.1) is 6.10 Å². The maximum atomic E-state index is 13.7. The van der Waals surface area contributed by atoms with Gasteiger partial charge in [0.1, 0.15) is 5.82 Å². The first-order valence-corrected chi connectivity index (χ1v) is 6.99. The number of ether oxygens (including phenoxy) is 1. The Balaban J connectivity index is 2.24. The number of piperidine rings is 1. The molecule has 1 aliphatic rings. The van der Waals surface area contributed by atoms with Crippen LogP contribution in [0.25, 0.3) is 0 Å². The molecular weight excluding hydrogens is 285 g/mol. The van der Waals surface area contributed by atoms with Crippen molar-refractivity contribution in [2.75, 3.05) is 25.1 Å². The molecule has 94 valence electrons. The van der Waals surface area contributed by atoms with Gasteiger partial charge in [0.15, 0.2) is 0 Å². The van der Waals surface area contributed by atoms with Crippen molar-refractivity contribution in [2.45, 2.75) is 24.3 Å². The molecule has 1 aliphatic heterocycles. The number of hydrogen-bond acceptors (Lipinski definition) is 2. The molecule has 0 bridgehead atoms. The van der Waals surface area contributed by atoms with Crippen LogP contribution in [-0.4, -0.2) is 26.3 Å². The van der Waals surface area contributed by atoms with E-state index in [9.17, 15) is 4.39 Å². The van der Waals surface area contributed by atoms with E-state index < -0.39 is 0 Å². The van der Waals surface area contributed by atoms with Crippen molar-refractivity contribution in [1.29, 1.82) is 0 Å². The maximum Gasteiger partial charge on any atom is 0.129 e. The molecule has 1 aromatic rings. The van der Waals surface area contributed by atoms with Gasteiger partial charge in [-0.3, -0.25) is 0 Å². The monoisotopic (exact) mass is 301 g/mol. The number of methoxy groups -OCH3 is 1. The summed E-state index contributed by atoms with van der Waals surface area (Å²) in [6, 6.07) is 5.27. The molecule has 1 saturated heterocycles. The lowest BCUT2D eigenvalue weighted by atomic mass is 10.1. The molecule has 2 rings (SSSR count). The number of hydrogen-bond donors (Lipinski definition) is 0. The molecule has 0 N–H and O–H groups in total. The van der Waals surface area contributed by atoms with Crippen LogP contribution in [0.3, 0.4) is 0 Å². The summed E-state index contributed by atoms with van der Waals surface area (Å²) in [5, 5.41) is 0.545. The van der Waals surface area contributed by atoms with Crippen LogP contribution in [0.5, 0.6) is 0 Å². The highest BCUT2D eigenvalue weighted by atomic mass is 79.9. The van der Waals surface area contributed by atoms with Crippen LogP contribution in [0.2, 0.25) is 0 Å². The fourth-order valence-corrected chi connectivity index (χ4v) is 2.88. The van der Waals surface area contributed by atoms with E-state index in [-0.39, 0.29) is 11.9 Å². The van der Waals surface area contributed by atoms with E-state index in [0.29, 0.717) is 5.33 Å². The number of rotatable bonds is 3. The van der Waals surface area contributed by atoms with Crippen LogP contribution in [-0.2, 0) is 10.1 Å². The Morgan fingerprint density at radius 3 is 3.06 bits per heavy atom. The highest BCUT2D eigenvalue weighted by molar-refractivity contribution is 9.08. The lowest BCUT2D eigenvalue weighted by Gasteiger charge is -2.34. The Morgan fingerprint density at radius 1 is 1.53 bits per heavy atom. The molecule has 1 fully saturated rings. The van der Waals surface area contributed by atoms with E-state index in [1.54, 1.807) is 13.2 Å². The van der Waals surface area contributed by atoms with E-state index in [2.05, 4.69) is 20.8 Å². The second kappa shape index (κ2) is 5.83. The number of nitrogens with zero attached hydrogens (tertiary/aromatic N) is 1. The molecule has 1 atom stereocenters. The van der Waals surface area contributed by atoms with E-state index in [1.807, 2.05) is 6.07 Å². The molecule has 1 heterocycles. The lowest BCUT2D eigenvalue weighted by molar-refractivity contribution is 0.0893. The molecule has 2 nitrogen and oxygen atoms in total. The van der Waals surface area contributed by atoms with Crippen LogP contribution < -0.4 is 4.90 Å². The largest absolute Gasteiger partial charge is 0.380 e. The van der Waals surface area contributed by atoms with Crippen molar-refractivity contribution >= 4 is 21.6 Å². The smallest absolute Gasteiger partial charge is 0.129 e. The zero-order valence-electron chi connectivity index (χ0n) is 9.96. The summed E-state index contributed by atoms with van der Waals surface area (Å²) in [5.41, 5.74) is 1.73. The standard InChI is InChI=1S/C13H17BrFNO/c1-17-10-4-3-7-16(9-10)13-6-2-5-12(15)11(13)8-14/h2,5-6,10H,3-4,7-9H2,1H3. The average molecular weight is 302 g/mol. The van der Waals surface area contributed by atoms with Gasteiger partial charge >= 0.3 is 0 Å². The SMILES string of the molecule is COC1CCCN(c2cccc(F)c2CBr)C1. The molecule has 17 heavy (non-hydrogen) atoms. The van der Waals surface area contributed by atoms with Crippen LogP contribution in [0, 0.1) is 5.82 Å². The van der Waals surface area contributed by atoms with Crippen LogP contribution in [0.15, 0.2) is 18.2 Å². The van der Waals surface area contributed by atoms with Gasteiger partial charge in [0, 0.05) is 36.8 Å². The molecule has 4 heteroatoms. The Hall–Kier alpha value is -0.610. The quantitative estimate of drug-likeness (QED) is 0.794. The minimum atomic E-state index is -0.140. The van der Waals surface area contributed by atoms with Crippen LogP contribution in [0.4, 0.5) is 10.1 Å². The molecular formula is C13H17BrFNO. The average Bonchev–Trinajstić information content (AvgIpc) is 2.38. The summed E-state index contributed by atoms with van der Waals surface area (Å²) in [7, 11) is 1.74. The van der Waals surface area contributed by atoms with Crippen molar-refractivity contribution in [1.82, 2.24) is 0 Å². The Morgan fingerprint density at radius 2 is 2.35 bits per heavy atom. The zero-order chi connectivity index (χ0) is 12.3. The molecule has 0 aliphatic carbocycles. The minimum Gasteiger partial charge on any atom is -0.380 e. The molecule has 1 unspecified atom stereocenters. The third kappa shape index (κ3) is 2.80. The van der Waals surface area contributed by atoms with Gasteiger partial charge in [-0.1, -0.05) is 22.0 Å². The minimum absolute atomic E-state index is 0.140. The van der Waals surface area contributed by atoms with Crippen molar-refractivity contribution in [2.24, 2.45) is 0 Å². The third-order valence-corrected chi connectivity index (χ3v) is 3.84. The number of halogens is 2. The maximum absolute atomic E-state index is 13.7. The Bertz CT molecular complexity index is 386. The van der Waals surface area contributed by atoms with E-state index >= 15 is 0 Å². The summed E-state index contributed by atoms with van der Waals surface area (Å²) >= 11 is 3.36. The zero-order valence-corrected chi connectivity index (χ0v) is 11.5.